The molecule has 0 aromatic carbocycles. The largest absolute Gasteiger partial charge is 0.492 e. The summed E-state index contributed by atoms with van der Waals surface area (Å²) >= 11 is 0. The zero-order chi connectivity index (χ0) is 15.1. The monoisotopic (exact) mass is 294 g/mol. The minimum atomic E-state index is -1.05. The van der Waals surface area contributed by atoms with Crippen LogP contribution in [0.5, 0.6) is 5.75 Å². The van der Waals surface area contributed by atoms with Gasteiger partial charge in [0.15, 0.2) is 0 Å². The van der Waals surface area contributed by atoms with Gasteiger partial charge in [-0.25, -0.2) is 4.79 Å². The Morgan fingerprint density at radius 3 is 2.81 bits per heavy atom. The Hall–Kier alpha value is -2.15. The molecule has 1 aromatic rings. The van der Waals surface area contributed by atoms with Crippen LogP contribution in [0.15, 0.2) is 18.5 Å². The first kappa shape index (κ1) is 15.2. The van der Waals surface area contributed by atoms with Gasteiger partial charge < -0.3 is 19.5 Å². The maximum absolute atomic E-state index is 11.9. The highest BCUT2D eigenvalue weighted by molar-refractivity contribution is 5.87. The molecule has 1 aliphatic rings. The molecule has 2 rings (SSSR count). The van der Waals surface area contributed by atoms with Gasteiger partial charge in [-0.3, -0.25) is 9.78 Å². The minimum Gasteiger partial charge on any atom is -0.492 e. The Morgan fingerprint density at radius 1 is 1.33 bits per heavy atom. The van der Waals surface area contributed by atoms with Crippen molar-refractivity contribution in [3.8, 4) is 5.75 Å². The van der Waals surface area contributed by atoms with Crippen molar-refractivity contribution in [1.82, 2.24) is 9.88 Å². The van der Waals surface area contributed by atoms with Crippen LogP contribution in [-0.4, -0.2) is 59.8 Å². The van der Waals surface area contributed by atoms with Gasteiger partial charge in [0, 0.05) is 25.7 Å². The van der Waals surface area contributed by atoms with Crippen LogP contribution in [0.2, 0.25) is 0 Å². The third-order valence-electron chi connectivity index (χ3n) is 3.13. The first-order chi connectivity index (χ1) is 10.2. The molecule has 1 fully saturated rings. The van der Waals surface area contributed by atoms with Crippen molar-refractivity contribution < 1.29 is 24.2 Å². The smallest absolute Gasteiger partial charge is 0.337 e. The fraction of sp³-hybridized carbons (Fsp3) is 0.500. The van der Waals surface area contributed by atoms with Crippen molar-refractivity contribution >= 4 is 11.9 Å². The van der Waals surface area contributed by atoms with Crippen LogP contribution in [0, 0.1) is 0 Å². The molecule has 0 saturated carbocycles. The molecule has 0 spiro atoms. The first-order valence-corrected chi connectivity index (χ1v) is 6.83. The molecule has 0 atom stereocenters. The summed E-state index contributed by atoms with van der Waals surface area (Å²) in [6.45, 7) is 2.82. The highest BCUT2D eigenvalue weighted by Crippen LogP contribution is 2.12. The van der Waals surface area contributed by atoms with E-state index in [0.29, 0.717) is 51.5 Å². The van der Waals surface area contributed by atoms with Gasteiger partial charge in [-0.15, -0.1) is 0 Å². The first-order valence-electron chi connectivity index (χ1n) is 6.83. The SMILES string of the molecule is O=C(O)c1cncc(OCCCC(=O)N2CCOCC2)c1. The second-order valence-electron chi connectivity index (χ2n) is 4.66. The van der Waals surface area contributed by atoms with E-state index < -0.39 is 5.97 Å². The van der Waals surface area contributed by atoms with Gasteiger partial charge in [-0.2, -0.15) is 0 Å². The second kappa shape index (κ2) is 7.58. The quantitative estimate of drug-likeness (QED) is 0.781. The lowest BCUT2D eigenvalue weighted by atomic mass is 10.2. The van der Waals surface area contributed by atoms with Gasteiger partial charge in [-0.1, -0.05) is 0 Å². The number of carboxylic acid groups (broad SMARTS) is 1. The summed E-state index contributed by atoms with van der Waals surface area (Å²) in [4.78, 5) is 28.3. The molecule has 1 saturated heterocycles. The molecule has 7 heteroatoms. The summed E-state index contributed by atoms with van der Waals surface area (Å²) in [5.74, 6) is -0.552. The number of nitrogens with zero attached hydrogens (tertiary/aromatic N) is 2. The number of pyridine rings is 1. The van der Waals surface area contributed by atoms with Crippen LogP contribution in [0.25, 0.3) is 0 Å². The molecule has 114 valence electrons. The number of aromatic nitrogens is 1. The number of carboxylic acids is 1. The molecule has 1 aromatic heterocycles. The Balaban J connectivity index is 1.70. The van der Waals surface area contributed by atoms with Crippen LogP contribution < -0.4 is 4.74 Å². The van der Waals surface area contributed by atoms with Gasteiger partial charge >= 0.3 is 5.97 Å². The molecule has 0 aliphatic carbocycles. The zero-order valence-corrected chi connectivity index (χ0v) is 11.7. The van der Waals surface area contributed by atoms with Gasteiger partial charge in [0.1, 0.15) is 5.75 Å². The molecule has 2 heterocycles. The van der Waals surface area contributed by atoms with Crippen molar-refractivity contribution in [1.29, 1.82) is 0 Å². The van der Waals surface area contributed by atoms with Crippen molar-refractivity contribution in [3.63, 3.8) is 0 Å². The van der Waals surface area contributed by atoms with Crippen LogP contribution >= 0.6 is 0 Å². The minimum absolute atomic E-state index is 0.0805. The van der Waals surface area contributed by atoms with E-state index in [9.17, 15) is 9.59 Å². The van der Waals surface area contributed by atoms with Crippen molar-refractivity contribution in [3.05, 3.63) is 24.0 Å². The predicted molar refractivity (Wildman–Crippen MR) is 73.3 cm³/mol. The van der Waals surface area contributed by atoms with Crippen molar-refractivity contribution in [2.24, 2.45) is 0 Å². The van der Waals surface area contributed by atoms with E-state index in [1.807, 2.05) is 0 Å². The average molecular weight is 294 g/mol. The van der Waals surface area contributed by atoms with Crippen molar-refractivity contribution in [2.75, 3.05) is 32.9 Å². The third-order valence-corrected chi connectivity index (χ3v) is 3.13. The molecule has 7 nitrogen and oxygen atoms in total. The molecule has 0 unspecified atom stereocenters. The molecule has 0 bridgehead atoms. The molecule has 1 N–H and O–H groups in total. The topological polar surface area (TPSA) is 89.0 Å². The van der Waals surface area contributed by atoms with E-state index in [0.717, 1.165) is 0 Å². The van der Waals surface area contributed by atoms with E-state index in [-0.39, 0.29) is 11.5 Å². The summed E-state index contributed by atoms with van der Waals surface area (Å²) in [6, 6.07) is 1.42. The summed E-state index contributed by atoms with van der Waals surface area (Å²) in [5.41, 5.74) is 0.0805. The van der Waals surface area contributed by atoms with E-state index in [1.54, 1.807) is 4.90 Å². The predicted octanol–water partition coefficient (Wildman–Crippen LogP) is 0.798. The standard InChI is InChI=1S/C14H18N2O5/c17-13(16-3-6-20-7-4-16)2-1-5-21-12-8-11(14(18)19)9-15-10-12/h8-10H,1-7H2,(H,18,19). The summed E-state index contributed by atoms with van der Waals surface area (Å²) in [5, 5.41) is 8.84. The highest BCUT2D eigenvalue weighted by Gasteiger charge is 2.16. The fourth-order valence-corrected chi connectivity index (χ4v) is 2.00. The lowest BCUT2D eigenvalue weighted by molar-refractivity contribution is -0.135. The zero-order valence-electron chi connectivity index (χ0n) is 11.7. The van der Waals surface area contributed by atoms with Crippen molar-refractivity contribution in [2.45, 2.75) is 12.8 Å². The normalized spacial score (nSPS) is 14.8. The highest BCUT2D eigenvalue weighted by atomic mass is 16.5. The molecule has 0 radical (unpaired) electrons. The maximum Gasteiger partial charge on any atom is 0.337 e. The van der Waals surface area contributed by atoms with Gasteiger partial charge in [0.05, 0.1) is 31.6 Å². The summed E-state index contributed by atoms with van der Waals surface area (Å²) in [6.07, 6.45) is 3.70. The van der Waals surface area contributed by atoms with Gasteiger partial charge in [0.25, 0.3) is 0 Å². The maximum atomic E-state index is 11.9. The Kier molecular flexibility index (Phi) is 5.51. The van der Waals surface area contributed by atoms with E-state index in [4.69, 9.17) is 14.6 Å². The number of morpholine rings is 1. The number of carbonyl (C=O) groups excluding carboxylic acids is 1. The van der Waals surface area contributed by atoms with E-state index >= 15 is 0 Å². The average Bonchev–Trinajstić information content (AvgIpc) is 2.52. The van der Waals surface area contributed by atoms with Gasteiger partial charge in [0.2, 0.25) is 5.91 Å². The fourth-order valence-electron chi connectivity index (χ4n) is 2.00. The second-order valence-corrected chi connectivity index (χ2v) is 4.66. The summed E-state index contributed by atoms with van der Waals surface area (Å²) < 4.78 is 10.6. The third kappa shape index (κ3) is 4.71. The molecule has 1 aliphatic heterocycles. The van der Waals surface area contributed by atoms with E-state index in [2.05, 4.69) is 4.98 Å². The van der Waals surface area contributed by atoms with Crippen LogP contribution in [0.3, 0.4) is 0 Å². The summed E-state index contributed by atoms with van der Waals surface area (Å²) in [7, 11) is 0. The number of ether oxygens (including phenoxy) is 2. The molecular formula is C14H18N2O5. The van der Waals surface area contributed by atoms with Crippen LogP contribution in [0.1, 0.15) is 23.2 Å². The molecule has 21 heavy (non-hydrogen) atoms. The van der Waals surface area contributed by atoms with Crippen LogP contribution in [-0.2, 0) is 9.53 Å². The lowest BCUT2D eigenvalue weighted by Gasteiger charge is -2.26. The number of hydrogen-bond acceptors (Lipinski definition) is 5. The molecule has 1 amide bonds. The van der Waals surface area contributed by atoms with Crippen LogP contribution in [0.4, 0.5) is 0 Å². The Morgan fingerprint density at radius 2 is 2.10 bits per heavy atom. The molecular weight excluding hydrogens is 276 g/mol. The lowest BCUT2D eigenvalue weighted by Crippen LogP contribution is -2.40. The number of hydrogen-bond donors (Lipinski definition) is 1. The number of rotatable bonds is 6. The number of amides is 1. The van der Waals surface area contributed by atoms with E-state index in [1.165, 1.54) is 18.5 Å². The van der Waals surface area contributed by atoms with Gasteiger partial charge in [-0.05, 0) is 12.5 Å². The Labute approximate surface area is 122 Å². The number of carbonyl (C=O) groups is 2. The Bertz CT molecular complexity index is 500. The number of aromatic carboxylic acids is 1.